The SMILES string of the molecule is CN=C(NCCc1ncc(C)s1)NCC1(c2ccc(OC)cc2)CCOCC1. The molecule has 2 N–H and O–H groups in total. The zero-order valence-corrected chi connectivity index (χ0v) is 17.8. The van der Waals surface area contributed by atoms with E-state index >= 15 is 0 Å². The van der Waals surface area contributed by atoms with E-state index < -0.39 is 0 Å². The quantitative estimate of drug-likeness (QED) is 0.551. The molecule has 1 aromatic heterocycles. The number of nitrogens with zero attached hydrogens (tertiary/aromatic N) is 2. The van der Waals surface area contributed by atoms with Gasteiger partial charge in [0.1, 0.15) is 5.75 Å². The van der Waals surface area contributed by atoms with E-state index in [1.807, 2.05) is 25.4 Å². The molecule has 152 valence electrons. The van der Waals surface area contributed by atoms with Gasteiger partial charge >= 0.3 is 0 Å². The molecular formula is C21H30N4O2S. The second-order valence-corrected chi connectivity index (χ2v) is 8.41. The van der Waals surface area contributed by atoms with Crippen LogP contribution in [0.25, 0.3) is 0 Å². The van der Waals surface area contributed by atoms with Crippen molar-refractivity contribution in [1.29, 1.82) is 0 Å². The van der Waals surface area contributed by atoms with E-state index in [9.17, 15) is 0 Å². The normalized spacial score (nSPS) is 16.6. The van der Waals surface area contributed by atoms with Gasteiger partial charge in [-0.3, -0.25) is 4.99 Å². The Hall–Kier alpha value is -2.12. The average Bonchev–Trinajstić information content (AvgIpc) is 3.16. The van der Waals surface area contributed by atoms with Crippen molar-refractivity contribution >= 4 is 17.3 Å². The van der Waals surface area contributed by atoms with Gasteiger partial charge in [0.05, 0.1) is 12.1 Å². The van der Waals surface area contributed by atoms with Crippen LogP contribution in [-0.2, 0) is 16.6 Å². The fourth-order valence-corrected chi connectivity index (χ4v) is 4.34. The third kappa shape index (κ3) is 5.23. The van der Waals surface area contributed by atoms with Gasteiger partial charge in [0.2, 0.25) is 0 Å². The molecule has 1 aromatic carbocycles. The molecule has 1 aliphatic rings. The Morgan fingerprint density at radius 2 is 2.00 bits per heavy atom. The van der Waals surface area contributed by atoms with Crippen LogP contribution >= 0.6 is 11.3 Å². The Labute approximate surface area is 171 Å². The number of aliphatic imine (C=N–C) groups is 1. The first-order valence-corrected chi connectivity index (χ1v) is 10.5. The largest absolute Gasteiger partial charge is 0.497 e. The second kappa shape index (κ2) is 9.89. The monoisotopic (exact) mass is 402 g/mol. The Balaban J connectivity index is 1.60. The van der Waals surface area contributed by atoms with Crippen LogP contribution in [0.15, 0.2) is 35.5 Å². The Bertz CT molecular complexity index is 767. The molecule has 6 nitrogen and oxygen atoms in total. The summed E-state index contributed by atoms with van der Waals surface area (Å²) >= 11 is 1.75. The predicted octanol–water partition coefficient (Wildman–Crippen LogP) is 2.92. The van der Waals surface area contributed by atoms with Crippen LogP contribution in [0.2, 0.25) is 0 Å². The molecule has 0 radical (unpaired) electrons. The van der Waals surface area contributed by atoms with Crippen LogP contribution in [0.3, 0.4) is 0 Å². The summed E-state index contributed by atoms with van der Waals surface area (Å²) < 4.78 is 10.9. The first kappa shape index (κ1) is 20.6. The van der Waals surface area contributed by atoms with E-state index in [4.69, 9.17) is 9.47 Å². The van der Waals surface area contributed by atoms with Gasteiger partial charge in [0.15, 0.2) is 5.96 Å². The van der Waals surface area contributed by atoms with Crippen molar-refractivity contribution in [1.82, 2.24) is 15.6 Å². The minimum atomic E-state index is 0.0363. The summed E-state index contributed by atoms with van der Waals surface area (Å²) in [4.78, 5) is 10.1. The highest BCUT2D eigenvalue weighted by molar-refractivity contribution is 7.11. The summed E-state index contributed by atoms with van der Waals surface area (Å²) in [6.45, 7) is 5.28. The molecule has 0 atom stereocenters. The van der Waals surface area contributed by atoms with E-state index in [1.165, 1.54) is 10.4 Å². The smallest absolute Gasteiger partial charge is 0.191 e. The molecule has 0 saturated carbocycles. The molecule has 1 aliphatic heterocycles. The highest BCUT2D eigenvalue weighted by Crippen LogP contribution is 2.35. The van der Waals surface area contributed by atoms with Gasteiger partial charge in [-0.05, 0) is 37.5 Å². The fourth-order valence-electron chi connectivity index (χ4n) is 3.55. The van der Waals surface area contributed by atoms with Crippen LogP contribution in [0.1, 0.15) is 28.3 Å². The van der Waals surface area contributed by atoms with Gasteiger partial charge < -0.3 is 20.1 Å². The molecule has 7 heteroatoms. The topological polar surface area (TPSA) is 67.8 Å². The van der Waals surface area contributed by atoms with Crippen LogP contribution in [0.4, 0.5) is 0 Å². The summed E-state index contributed by atoms with van der Waals surface area (Å²) in [5, 5.41) is 8.09. The second-order valence-electron chi connectivity index (χ2n) is 7.09. The molecule has 1 fully saturated rings. The Kier molecular flexibility index (Phi) is 7.28. The van der Waals surface area contributed by atoms with Gasteiger partial charge in [-0.25, -0.2) is 4.98 Å². The molecule has 0 aliphatic carbocycles. The molecule has 2 heterocycles. The van der Waals surface area contributed by atoms with Crippen molar-refractivity contribution in [2.24, 2.45) is 4.99 Å². The maximum atomic E-state index is 5.64. The summed E-state index contributed by atoms with van der Waals surface area (Å²) in [5.41, 5.74) is 1.35. The van der Waals surface area contributed by atoms with Gasteiger partial charge in [0.25, 0.3) is 0 Å². The number of guanidine groups is 1. The number of aromatic nitrogens is 1. The highest BCUT2D eigenvalue weighted by atomic mass is 32.1. The zero-order valence-electron chi connectivity index (χ0n) is 17.0. The van der Waals surface area contributed by atoms with E-state index in [2.05, 4.69) is 39.7 Å². The number of rotatable bonds is 7. The van der Waals surface area contributed by atoms with Crippen LogP contribution in [0, 0.1) is 6.92 Å². The lowest BCUT2D eigenvalue weighted by Gasteiger charge is -2.38. The van der Waals surface area contributed by atoms with Crippen molar-refractivity contribution in [3.05, 3.63) is 45.9 Å². The lowest BCUT2D eigenvalue weighted by Crippen LogP contribution is -2.48. The molecule has 1 saturated heterocycles. The average molecular weight is 403 g/mol. The third-order valence-electron chi connectivity index (χ3n) is 5.27. The van der Waals surface area contributed by atoms with Crippen molar-refractivity contribution < 1.29 is 9.47 Å². The third-order valence-corrected chi connectivity index (χ3v) is 6.24. The lowest BCUT2D eigenvalue weighted by atomic mass is 9.74. The molecule has 0 unspecified atom stereocenters. The standard InChI is InChI=1S/C21H30N4O2S/c1-16-14-24-19(28-16)8-11-23-20(22-2)25-15-21(9-12-27-13-10-21)17-4-6-18(26-3)7-5-17/h4-7,14H,8-13,15H2,1-3H3,(H2,22,23,25). The van der Waals surface area contributed by atoms with Crippen LogP contribution < -0.4 is 15.4 Å². The number of aryl methyl sites for hydroxylation is 1. The molecule has 0 bridgehead atoms. The minimum Gasteiger partial charge on any atom is -0.497 e. The van der Waals surface area contributed by atoms with E-state index in [-0.39, 0.29) is 5.41 Å². The number of hydrogen-bond acceptors (Lipinski definition) is 5. The summed E-state index contributed by atoms with van der Waals surface area (Å²) in [7, 11) is 3.51. The maximum absolute atomic E-state index is 5.64. The summed E-state index contributed by atoms with van der Waals surface area (Å²) in [5.74, 6) is 1.71. The van der Waals surface area contributed by atoms with Crippen molar-refractivity contribution in [3.8, 4) is 5.75 Å². The molecule has 0 spiro atoms. The number of ether oxygens (including phenoxy) is 2. The molecule has 28 heavy (non-hydrogen) atoms. The first-order valence-electron chi connectivity index (χ1n) is 9.73. The molecule has 2 aromatic rings. The zero-order chi connectivity index (χ0) is 19.8. The van der Waals surface area contributed by atoms with E-state index in [0.717, 1.165) is 62.3 Å². The number of thiazole rings is 1. The van der Waals surface area contributed by atoms with E-state index in [1.54, 1.807) is 18.4 Å². The Morgan fingerprint density at radius 1 is 1.25 bits per heavy atom. The predicted molar refractivity (Wildman–Crippen MR) is 115 cm³/mol. The van der Waals surface area contributed by atoms with Gasteiger partial charge in [0, 0.05) is 56.3 Å². The first-order chi connectivity index (χ1) is 13.6. The fraction of sp³-hybridized carbons (Fsp3) is 0.524. The van der Waals surface area contributed by atoms with Gasteiger partial charge in [-0.2, -0.15) is 0 Å². The number of methoxy groups -OCH3 is 1. The molecule has 3 rings (SSSR count). The van der Waals surface area contributed by atoms with Crippen molar-refractivity contribution in [2.75, 3.05) is 40.5 Å². The lowest BCUT2D eigenvalue weighted by molar-refractivity contribution is 0.0513. The van der Waals surface area contributed by atoms with Crippen molar-refractivity contribution in [2.45, 2.75) is 31.6 Å². The van der Waals surface area contributed by atoms with Crippen LogP contribution in [-0.4, -0.2) is 51.4 Å². The summed E-state index contributed by atoms with van der Waals surface area (Å²) in [6, 6.07) is 8.42. The number of benzene rings is 1. The summed E-state index contributed by atoms with van der Waals surface area (Å²) in [6.07, 6.45) is 4.80. The van der Waals surface area contributed by atoms with Crippen LogP contribution in [0.5, 0.6) is 5.75 Å². The van der Waals surface area contributed by atoms with Crippen molar-refractivity contribution in [3.63, 3.8) is 0 Å². The van der Waals surface area contributed by atoms with E-state index in [0.29, 0.717) is 0 Å². The molecular weight excluding hydrogens is 372 g/mol. The van der Waals surface area contributed by atoms with Gasteiger partial charge in [-0.1, -0.05) is 12.1 Å². The minimum absolute atomic E-state index is 0.0363. The van der Waals surface area contributed by atoms with Gasteiger partial charge in [-0.15, -0.1) is 11.3 Å². The number of nitrogens with one attached hydrogen (secondary N) is 2. The molecule has 0 amide bonds. The maximum Gasteiger partial charge on any atom is 0.191 e. The Morgan fingerprint density at radius 3 is 2.61 bits per heavy atom. The highest BCUT2D eigenvalue weighted by Gasteiger charge is 2.34. The number of hydrogen-bond donors (Lipinski definition) is 2.